The van der Waals surface area contributed by atoms with Crippen molar-refractivity contribution in [2.45, 2.75) is 52.5 Å². The molecule has 0 bridgehead atoms. The SMILES string of the molecule is CNC(CN(C)CC1CCCC1)C(C)(C)C. The van der Waals surface area contributed by atoms with Gasteiger partial charge in [-0.05, 0) is 38.3 Å². The quantitative estimate of drug-likeness (QED) is 0.775. The first kappa shape index (κ1) is 14.0. The molecule has 1 saturated carbocycles. The van der Waals surface area contributed by atoms with Gasteiger partial charge in [-0.2, -0.15) is 0 Å². The average molecular weight is 226 g/mol. The van der Waals surface area contributed by atoms with Crippen molar-refractivity contribution in [2.75, 3.05) is 27.2 Å². The molecule has 1 N–H and O–H groups in total. The van der Waals surface area contributed by atoms with Gasteiger partial charge in [-0.25, -0.2) is 0 Å². The maximum absolute atomic E-state index is 3.46. The molecule has 2 nitrogen and oxygen atoms in total. The molecule has 0 spiro atoms. The lowest BCUT2D eigenvalue weighted by Crippen LogP contribution is -2.46. The molecular weight excluding hydrogens is 196 g/mol. The van der Waals surface area contributed by atoms with Crippen molar-refractivity contribution in [1.29, 1.82) is 0 Å². The fraction of sp³-hybridized carbons (Fsp3) is 1.00. The topological polar surface area (TPSA) is 15.3 Å². The maximum atomic E-state index is 3.46. The minimum absolute atomic E-state index is 0.346. The van der Waals surface area contributed by atoms with Gasteiger partial charge in [-0.3, -0.25) is 0 Å². The molecule has 0 aromatic rings. The Morgan fingerprint density at radius 3 is 2.25 bits per heavy atom. The first-order chi connectivity index (χ1) is 7.43. The Morgan fingerprint density at radius 2 is 1.81 bits per heavy atom. The van der Waals surface area contributed by atoms with Crippen LogP contribution in [0.25, 0.3) is 0 Å². The molecule has 0 saturated heterocycles. The second-order valence-corrected chi connectivity index (χ2v) is 6.58. The van der Waals surface area contributed by atoms with Crippen LogP contribution >= 0.6 is 0 Å². The van der Waals surface area contributed by atoms with Gasteiger partial charge in [-0.1, -0.05) is 33.6 Å². The molecule has 0 aliphatic heterocycles. The fourth-order valence-electron chi connectivity index (χ4n) is 2.82. The molecule has 0 aromatic heterocycles. The Hall–Kier alpha value is -0.0800. The van der Waals surface area contributed by atoms with Crippen LogP contribution in [0.4, 0.5) is 0 Å². The minimum atomic E-state index is 0.346. The first-order valence-corrected chi connectivity index (χ1v) is 6.79. The van der Waals surface area contributed by atoms with Gasteiger partial charge >= 0.3 is 0 Å². The summed E-state index contributed by atoms with van der Waals surface area (Å²) in [4.78, 5) is 2.52. The van der Waals surface area contributed by atoms with Gasteiger partial charge in [0.15, 0.2) is 0 Å². The van der Waals surface area contributed by atoms with Gasteiger partial charge in [0.2, 0.25) is 0 Å². The lowest BCUT2D eigenvalue weighted by atomic mass is 9.86. The zero-order valence-corrected chi connectivity index (χ0v) is 11.8. The van der Waals surface area contributed by atoms with Gasteiger partial charge in [0.25, 0.3) is 0 Å². The minimum Gasteiger partial charge on any atom is -0.315 e. The van der Waals surface area contributed by atoms with Crippen molar-refractivity contribution < 1.29 is 0 Å². The van der Waals surface area contributed by atoms with Crippen molar-refractivity contribution >= 4 is 0 Å². The zero-order chi connectivity index (χ0) is 12.2. The largest absolute Gasteiger partial charge is 0.315 e. The van der Waals surface area contributed by atoms with Crippen LogP contribution < -0.4 is 5.32 Å². The predicted molar refractivity (Wildman–Crippen MR) is 71.8 cm³/mol. The third-order valence-electron chi connectivity index (χ3n) is 3.93. The molecule has 0 heterocycles. The van der Waals surface area contributed by atoms with Gasteiger partial charge in [-0.15, -0.1) is 0 Å². The van der Waals surface area contributed by atoms with E-state index in [9.17, 15) is 0 Å². The third-order valence-corrected chi connectivity index (χ3v) is 3.93. The molecule has 0 aromatic carbocycles. The molecule has 1 rings (SSSR count). The Kier molecular flexibility index (Phi) is 5.26. The second kappa shape index (κ2) is 6.02. The van der Waals surface area contributed by atoms with Gasteiger partial charge in [0.05, 0.1) is 0 Å². The number of hydrogen-bond donors (Lipinski definition) is 1. The highest BCUT2D eigenvalue weighted by Crippen LogP contribution is 2.26. The molecule has 2 heteroatoms. The van der Waals surface area contributed by atoms with Crippen LogP contribution in [0.15, 0.2) is 0 Å². The van der Waals surface area contributed by atoms with E-state index in [4.69, 9.17) is 0 Å². The maximum Gasteiger partial charge on any atom is 0.0240 e. The van der Waals surface area contributed by atoms with Crippen LogP contribution in [-0.2, 0) is 0 Å². The molecule has 1 unspecified atom stereocenters. The Balaban J connectivity index is 2.33. The standard InChI is InChI=1S/C14H30N2/c1-14(2,3)13(15-4)11-16(5)10-12-8-6-7-9-12/h12-13,15H,6-11H2,1-5H3. The molecule has 0 radical (unpaired) electrons. The number of likely N-dealkylation sites (N-methyl/N-ethyl adjacent to an activating group) is 2. The van der Waals surface area contributed by atoms with Crippen LogP contribution in [0.3, 0.4) is 0 Å². The van der Waals surface area contributed by atoms with E-state index in [1.165, 1.54) is 32.2 Å². The summed E-state index contributed by atoms with van der Waals surface area (Å²) in [6, 6.07) is 0.582. The average Bonchev–Trinajstić information content (AvgIpc) is 2.64. The summed E-state index contributed by atoms with van der Waals surface area (Å²) in [5.74, 6) is 0.961. The van der Waals surface area contributed by atoms with E-state index in [0.29, 0.717) is 11.5 Å². The summed E-state index contributed by atoms with van der Waals surface area (Å²) in [6.45, 7) is 9.40. The summed E-state index contributed by atoms with van der Waals surface area (Å²) in [7, 11) is 4.35. The molecule has 0 amide bonds. The Bertz CT molecular complexity index is 189. The third kappa shape index (κ3) is 4.42. The van der Waals surface area contributed by atoms with Crippen LogP contribution in [0, 0.1) is 11.3 Å². The van der Waals surface area contributed by atoms with Crippen molar-refractivity contribution in [3.05, 3.63) is 0 Å². The van der Waals surface area contributed by atoms with E-state index in [-0.39, 0.29) is 0 Å². The van der Waals surface area contributed by atoms with Gasteiger partial charge < -0.3 is 10.2 Å². The van der Waals surface area contributed by atoms with E-state index in [0.717, 1.165) is 12.5 Å². The van der Waals surface area contributed by atoms with E-state index in [2.05, 4.69) is 45.1 Å². The van der Waals surface area contributed by atoms with E-state index in [1.807, 2.05) is 0 Å². The Labute approximate surface area is 102 Å². The first-order valence-electron chi connectivity index (χ1n) is 6.79. The van der Waals surface area contributed by atoms with E-state index < -0.39 is 0 Å². The lowest BCUT2D eigenvalue weighted by molar-refractivity contribution is 0.185. The molecule has 1 fully saturated rings. The van der Waals surface area contributed by atoms with Gasteiger partial charge in [0, 0.05) is 19.1 Å². The highest BCUT2D eigenvalue weighted by Gasteiger charge is 2.25. The molecule has 16 heavy (non-hydrogen) atoms. The van der Waals surface area contributed by atoms with Crippen molar-refractivity contribution in [3.63, 3.8) is 0 Å². The highest BCUT2D eigenvalue weighted by molar-refractivity contribution is 4.82. The lowest BCUT2D eigenvalue weighted by Gasteiger charge is -2.34. The summed E-state index contributed by atoms with van der Waals surface area (Å²) in [5.41, 5.74) is 0.346. The summed E-state index contributed by atoms with van der Waals surface area (Å²) < 4.78 is 0. The monoisotopic (exact) mass is 226 g/mol. The number of nitrogens with zero attached hydrogens (tertiary/aromatic N) is 1. The highest BCUT2D eigenvalue weighted by atomic mass is 15.1. The van der Waals surface area contributed by atoms with Crippen LogP contribution in [0.5, 0.6) is 0 Å². The zero-order valence-electron chi connectivity index (χ0n) is 11.8. The summed E-state index contributed by atoms with van der Waals surface area (Å²) in [5, 5.41) is 3.46. The molecule has 1 aliphatic carbocycles. The van der Waals surface area contributed by atoms with Crippen molar-refractivity contribution in [2.24, 2.45) is 11.3 Å². The van der Waals surface area contributed by atoms with Crippen molar-refractivity contribution in [3.8, 4) is 0 Å². The van der Waals surface area contributed by atoms with Crippen LogP contribution in [0.2, 0.25) is 0 Å². The van der Waals surface area contributed by atoms with E-state index in [1.54, 1.807) is 0 Å². The van der Waals surface area contributed by atoms with Crippen molar-refractivity contribution in [1.82, 2.24) is 10.2 Å². The summed E-state index contributed by atoms with van der Waals surface area (Å²) in [6.07, 6.45) is 5.80. The van der Waals surface area contributed by atoms with E-state index >= 15 is 0 Å². The van der Waals surface area contributed by atoms with Crippen LogP contribution in [-0.4, -0.2) is 38.1 Å². The fourth-order valence-corrected chi connectivity index (χ4v) is 2.82. The molecule has 1 aliphatic rings. The van der Waals surface area contributed by atoms with Gasteiger partial charge in [0.1, 0.15) is 0 Å². The molecule has 96 valence electrons. The second-order valence-electron chi connectivity index (χ2n) is 6.58. The van der Waals surface area contributed by atoms with Crippen LogP contribution in [0.1, 0.15) is 46.5 Å². The number of nitrogens with one attached hydrogen (secondary N) is 1. The number of rotatable bonds is 5. The smallest absolute Gasteiger partial charge is 0.0240 e. The number of hydrogen-bond acceptors (Lipinski definition) is 2. The Morgan fingerprint density at radius 1 is 1.25 bits per heavy atom. The predicted octanol–water partition coefficient (Wildman–Crippen LogP) is 2.74. The molecule has 1 atom stereocenters. The normalized spacial score (nSPS) is 20.6. The summed E-state index contributed by atoms with van der Waals surface area (Å²) >= 11 is 0. The molecular formula is C14H30N2.